The smallest absolute Gasteiger partial charge is 0.387 e. The summed E-state index contributed by atoms with van der Waals surface area (Å²) in [5, 5.41) is 10.3. The Morgan fingerprint density at radius 2 is 1.97 bits per heavy atom. The maximum Gasteiger partial charge on any atom is 0.387 e. The first-order valence-corrected chi connectivity index (χ1v) is 10.8. The van der Waals surface area contributed by atoms with Gasteiger partial charge in [0.05, 0.1) is 23.1 Å². The van der Waals surface area contributed by atoms with Crippen LogP contribution in [0.25, 0.3) is 27.5 Å². The van der Waals surface area contributed by atoms with Gasteiger partial charge in [0.1, 0.15) is 16.4 Å². The Morgan fingerprint density at radius 3 is 2.75 bits per heavy atom. The van der Waals surface area contributed by atoms with Crippen molar-refractivity contribution < 1.29 is 13.5 Å². The molecule has 32 heavy (non-hydrogen) atoms. The number of alkyl halides is 2. The Hall–Kier alpha value is -2.82. The summed E-state index contributed by atoms with van der Waals surface area (Å²) < 4.78 is 31.9. The molecule has 0 saturated carbocycles. The molecule has 0 radical (unpaired) electrons. The predicted molar refractivity (Wildman–Crippen MR) is 121 cm³/mol. The van der Waals surface area contributed by atoms with Crippen LogP contribution in [0.15, 0.2) is 46.7 Å². The number of thiazole rings is 1. The van der Waals surface area contributed by atoms with Crippen molar-refractivity contribution in [3.05, 3.63) is 58.0 Å². The van der Waals surface area contributed by atoms with Gasteiger partial charge in [-0.3, -0.25) is 4.79 Å². The number of para-hydroxylation sites is 1. The first-order chi connectivity index (χ1) is 15.1. The third kappa shape index (κ3) is 4.25. The normalized spacial score (nSPS) is 14.6. The van der Waals surface area contributed by atoms with Crippen LogP contribution >= 0.6 is 23.7 Å². The standard InChI is InChI=1S/C21H19F2N5O2S.ClH/c22-21(23)30-17-4-2-1-3-13(17)15-11-31-20(26-15)14-10-25-28-16(9-18(29)27-19(14)28)12-5-7-24-8-6-12;/h1-4,9-12,21,24H,5-8H2,(H,27,29);1H. The third-order valence-corrected chi connectivity index (χ3v) is 6.28. The zero-order chi connectivity index (χ0) is 21.4. The van der Waals surface area contributed by atoms with Gasteiger partial charge in [0.15, 0.2) is 0 Å². The highest BCUT2D eigenvalue weighted by atomic mass is 35.5. The van der Waals surface area contributed by atoms with Gasteiger partial charge >= 0.3 is 6.61 Å². The molecule has 1 aliphatic heterocycles. The lowest BCUT2D eigenvalue weighted by atomic mass is 9.94. The van der Waals surface area contributed by atoms with Gasteiger partial charge in [-0.05, 0) is 38.1 Å². The van der Waals surface area contributed by atoms with Crippen molar-refractivity contribution in [2.24, 2.45) is 0 Å². The zero-order valence-electron chi connectivity index (χ0n) is 16.8. The number of aromatic amines is 1. The number of halogens is 3. The second kappa shape index (κ2) is 9.35. The first kappa shape index (κ1) is 22.4. The Labute approximate surface area is 191 Å². The number of benzene rings is 1. The zero-order valence-corrected chi connectivity index (χ0v) is 18.4. The number of piperidine rings is 1. The minimum atomic E-state index is -2.92. The van der Waals surface area contributed by atoms with Crippen LogP contribution in [0.5, 0.6) is 5.75 Å². The number of rotatable bonds is 5. The second-order valence-electron chi connectivity index (χ2n) is 7.31. The van der Waals surface area contributed by atoms with Gasteiger partial charge < -0.3 is 15.0 Å². The van der Waals surface area contributed by atoms with E-state index in [1.54, 1.807) is 40.4 Å². The van der Waals surface area contributed by atoms with E-state index < -0.39 is 6.61 Å². The molecule has 4 heterocycles. The molecular formula is C21H20ClF2N5O2S. The number of H-pyrrole nitrogens is 1. The van der Waals surface area contributed by atoms with Gasteiger partial charge in [-0.1, -0.05) is 12.1 Å². The summed E-state index contributed by atoms with van der Waals surface area (Å²) in [4.78, 5) is 19.9. The number of fused-ring (bicyclic) bond motifs is 1. The molecule has 7 nitrogen and oxygen atoms in total. The number of ether oxygens (including phenoxy) is 1. The SMILES string of the molecule is Cl.O=c1cc(C2CCNCC2)n2ncc(-c3nc(-c4ccccc4OC(F)F)cs3)c2[nH]1. The van der Waals surface area contributed by atoms with Crippen LogP contribution in [0.1, 0.15) is 24.5 Å². The van der Waals surface area contributed by atoms with E-state index in [2.05, 4.69) is 25.1 Å². The van der Waals surface area contributed by atoms with Crippen LogP contribution in [0.2, 0.25) is 0 Å². The minimum Gasteiger partial charge on any atom is -0.434 e. The lowest BCUT2D eigenvalue weighted by Gasteiger charge is -2.23. The molecule has 0 amide bonds. The molecule has 1 fully saturated rings. The van der Waals surface area contributed by atoms with Crippen LogP contribution in [-0.2, 0) is 0 Å². The summed E-state index contributed by atoms with van der Waals surface area (Å²) in [6.45, 7) is -1.11. The van der Waals surface area contributed by atoms with E-state index in [1.807, 2.05) is 0 Å². The van der Waals surface area contributed by atoms with Gasteiger partial charge in [-0.25, -0.2) is 9.50 Å². The molecule has 5 rings (SSSR count). The predicted octanol–water partition coefficient (Wildman–Crippen LogP) is 4.30. The quantitative estimate of drug-likeness (QED) is 0.446. The molecule has 2 N–H and O–H groups in total. The van der Waals surface area contributed by atoms with Crippen LogP contribution in [0, 0.1) is 0 Å². The minimum absolute atomic E-state index is 0. The van der Waals surface area contributed by atoms with Crippen molar-refractivity contribution in [2.45, 2.75) is 25.4 Å². The van der Waals surface area contributed by atoms with Crippen molar-refractivity contribution in [1.29, 1.82) is 0 Å². The highest BCUT2D eigenvalue weighted by Gasteiger charge is 2.22. The highest BCUT2D eigenvalue weighted by molar-refractivity contribution is 7.13. The fourth-order valence-electron chi connectivity index (χ4n) is 3.98. The average molecular weight is 480 g/mol. The lowest BCUT2D eigenvalue weighted by molar-refractivity contribution is -0.0494. The molecule has 11 heteroatoms. The van der Waals surface area contributed by atoms with Gasteiger partial charge in [0, 0.05) is 22.9 Å². The number of aromatic nitrogens is 4. The molecule has 0 spiro atoms. The third-order valence-electron chi connectivity index (χ3n) is 5.41. The van der Waals surface area contributed by atoms with Crippen molar-refractivity contribution in [2.75, 3.05) is 13.1 Å². The van der Waals surface area contributed by atoms with E-state index in [4.69, 9.17) is 0 Å². The lowest BCUT2D eigenvalue weighted by Crippen LogP contribution is -2.28. The second-order valence-corrected chi connectivity index (χ2v) is 8.17. The van der Waals surface area contributed by atoms with Crippen LogP contribution in [-0.4, -0.2) is 39.3 Å². The monoisotopic (exact) mass is 479 g/mol. The molecule has 0 aliphatic carbocycles. The summed E-state index contributed by atoms with van der Waals surface area (Å²) in [6.07, 6.45) is 3.56. The van der Waals surface area contributed by atoms with Gasteiger partial charge in [-0.2, -0.15) is 13.9 Å². The first-order valence-electron chi connectivity index (χ1n) is 9.92. The molecule has 1 saturated heterocycles. The van der Waals surface area contributed by atoms with E-state index in [1.165, 1.54) is 17.4 Å². The largest absolute Gasteiger partial charge is 0.434 e. The van der Waals surface area contributed by atoms with Gasteiger partial charge in [0.25, 0.3) is 5.56 Å². The molecule has 168 valence electrons. The average Bonchev–Trinajstić information content (AvgIpc) is 3.41. The Balaban J connectivity index is 0.00000245. The Bertz CT molecular complexity index is 1280. The number of nitrogens with zero attached hydrogens (tertiary/aromatic N) is 3. The maximum atomic E-state index is 12.8. The van der Waals surface area contributed by atoms with E-state index in [9.17, 15) is 13.6 Å². The molecule has 0 bridgehead atoms. The Morgan fingerprint density at radius 1 is 1.19 bits per heavy atom. The Kier molecular flexibility index (Phi) is 6.54. The van der Waals surface area contributed by atoms with Gasteiger partial charge in [0.2, 0.25) is 0 Å². The van der Waals surface area contributed by atoms with Crippen LogP contribution < -0.4 is 15.6 Å². The molecule has 4 aromatic rings. The number of hydrogen-bond acceptors (Lipinski definition) is 6. The van der Waals surface area contributed by atoms with E-state index in [0.717, 1.165) is 31.6 Å². The van der Waals surface area contributed by atoms with Crippen molar-refractivity contribution >= 4 is 29.4 Å². The fourth-order valence-corrected chi connectivity index (χ4v) is 4.81. The van der Waals surface area contributed by atoms with Crippen molar-refractivity contribution in [3.63, 3.8) is 0 Å². The van der Waals surface area contributed by atoms with E-state index in [-0.39, 0.29) is 29.6 Å². The van der Waals surface area contributed by atoms with Gasteiger partial charge in [-0.15, -0.1) is 23.7 Å². The summed E-state index contributed by atoms with van der Waals surface area (Å²) in [7, 11) is 0. The summed E-state index contributed by atoms with van der Waals surface area (Å²) in [5.41, 5.74) is 2.97. The van der Waals surface area contributed by atoms with E-state index >= 15 is 0 Å². The maximum absolute atomic E-state index is 12.8. The fraction of sp³-hybridized carbons (Fsp3) is 0.286. The molecule has 1 aromatic carbocycles. The highest BCUT2D eigenvalue weighted by Crippen LogP contribution is 2.36. The molecule has 0 atom stereocenters. The topological polar surface area (TPSA) is 84.3 Å². The number of nitrogens with one attached hydrogen (secondary N) is 2. The van der Waals surface area contributed by atoms with Crippen molar-refractivity contribution in [1.82, 2.24) is 24.9 Å². The molecule has 1 aliphatic rings. The summed E-state index contributed by atoms with van der Waals surface area (Å²) in [5.74, 6) is 0.319. The van der Waals surface area contributed by atoms with Crippen molar-refractivity contribution in [3.8, 4) is 27.6 Å². The molecule has 0 unspecified atom stereocenters. The van der Waals surface area contributed by atoms with Crippen LogP contribution in [0.3, 0.4) is 0 Å². The molecule has 3 aromatic heterocycles. The molecular weight excluding hydrogens is 460 g/mol. The van der Waals surface area contributed by atoms with E-state index in [0.29, 0.717) is 27.5 Å². The summed E-state index contributed by atoms with van der Waals surface area (Å²) >= 11 is 1.35. The summed E-state index contributed by atoms with van der Waals surface area (Å²) in [6, 6.07) is 8.16. The van der Waals surface area contributed by atoms with Crippen LogP contribution in [0.4, 0.5) is 8.78 Å². The number of hydrogen-bond donors (Lipinski definition) is 2.